The third-order valence-corrected chi connectivity index (χ3v) is 3.54. The number of carbonyl (C=O) groups excluding carboxylic acids is 2. The molecule has 1 aliphatic rings. The molecule has 1 heterocycles. The van der Waals surface area contributed by atoms with Gasteiger partial charge in [0, 0.05) is 31.8 Å². The Bertz CT molecular complexity index is 401. The van der Waals surface area contributed by atoms with E-state index < -0.39 is 11.7 Å². The lowest BCUT2D eigenvalue weighted by Crippen LogP contribution is -2.50. The van der Waals surface area contributed by atoms with Gasteiger partial charge in [-0.25, -0.2) is 9.59 Å². The highest BCUT2D eigenvalue weighted by atomic mass is 16.6. The third kappa shape index (κ3) is 9.60. The van der Waals surface area contributed by atoms with Gasteiger partial charge in [0.25, 0.3) is 0 Å². The van der Waals surface area contributed by atoms with Crippen molar-refractivity contribution < 1.29 is 19.1 Å². The number of hydrogen-bond donors (Lipinski definition) is 3. The summed E-state index contributed by atoms with van der Waals surface area (Å²) in [6.07, 6.45) is 1.97. The van der Waals surface area contributed by atoms with Crippen LogP contribution >= 0.6 is 0 Å². The molecule has 3 N–H and O–H groups in total. The van der Waals surface area contributed by atoms with Crippen molar-refractivity contribution >= 4 is 12.1 Å². The third-order valence-electron chi connectivity index (χ3n) is 3.54. The second-order valence-corrected chi connectivity index (χ2v) is 7.71. The van der Waals surface area contributed by atoms with Gasteiger partial charge in [-0.1, -0.05) is 13.8 Å². The van der Waals surface area contributed by atoms with Crippen molar-refractivity contribution in [3.05, 3.63) is 0 Å². The average Bonchev–Trinajstić information content (AvgIpc) is 2.43. The molecule has 1 aliphatic heterocycles. The molecule has 7 heteroatoms. The molecule has 1 atom stereocenters. The molecule has 0 aromatic heterocycles. The molecule has 1 rings (SSSR count). The summed E-state index contributed by atoms with van der Waals surface area (Å²) in [6.45, 7) is 11.4. The van der Waals surface area contributed by atoms with Gasteiger partial charge in [-0.05, 0) is 46.0 Å². The van der Waals surface area contributed by atoms with Crippen molar-refractivity contribution in [1.82, 2.24) is 16.0 Å². The molecular formula is C17H33N3O4. The lowest BCUT2D eigenvalue weighted by Gasteiger charge is -2.26. The lowest BCUT2D eigenvalue weighted by atomic mass is 10.0. The Morgan fingerprint density at radius 1 is 1.21 bits per heavy atom. The number of alkyl carbamates (subject to hydrolysis) is 1. The van der Waals surface area contributed by atoms with E-state index in [1.165, 1.54) is 0 Å². The maximum absolute atomic E-state index is 12.0. The first-order valence-corrected chi connectivity index (χ1v) is 8.77. The number of carbonyl (C=O) groups is 2. The molecule has 0 aromatic rings. The van der Waals surface area contributed by atoms with Gasteiger partial charge < -0.3 is 25.4 Å². The van der Waals surface area contributed by atoms with Crippen LogP contribution in [0.15, 0.2) is 0 Å². The second-order valence-electron chi connectivity index (χ2n) is 7.71. The Balaban J connectivity index is 2.41. The van der Waals surface area contributed by atoms with E-state index in [0.29, 0.717) is 25.7 Å². The molecule has 0 aromatic carbocycles. The largest absolute Gasteiger partial charge is 0.444 e. The summed E-state index contributed by atoms with van der Waals surface area (Å²) in [7, 11) is 0. The quantitative estimate of drug-likeness (QED) is 0.691. The fourth-order valence-corrected chi connectivity index (χ4v) is 2.53. The number of ether oxygens (including phenoxy) is 2. The fourth-order valence-electron chi connectivity index (χ4n) is 2.53. The minimum atomic E-state index is -0.541. The van der Waals surface area contributed by atoms with Crippen LogP contribution in [0.25, 0.3) is 0 Å². The van der Waals surface area contributed by atoms with Gasteiger partial charge in [0.15, 0.2) is 0 Å². The summed E-state index contributed by atoms with van der Waals surface area (Å²) in [4.78, 5) is 23.9. The van der Waals surface area contributed by atoms with E-state index in [1.54, 1.807) is 0 Å². The minimum Gasteiger partial charge on any atom is -0.444 e. The molecule has 1 fully saturated rings. The van der Waals surface area contributed by atoms with E-state index in [-0.39, 0.29) is 18.1 Å². The van der Waals surface area contributed by atoms with E-state index >= 15 is 0 Å². The van der Waals surface area contributed by atoms with E-state index in [2.05, 4.69) is 29.8 Å². The summed E-state index contributed by atoms with van der Waals surface area (Å²) in [6, 6.07) is -0.219. The number of urea groups is 1. The number of nitrogens with one attached hydrogen (secondary N) is 3. The van der Waals surface area contributed by atoms with Crippen LogP contribution < -0.4 is 16.0 Å². The highest BCUT2D eigenvalue weighted by Gasteiger charge is 2.21. The number of hydrogen-bond acceptors (Lipinski definition) is 4. The monoisotopic (exact) mass is 343 g/mol. The molecule has 140 valence electrons. The molecule has 7 nitrogen and oxygen atoms in total. The van der Waals surface area contributed by atoms with Crippen LogP contribution in [0.5, 0.6) is 0 Å². The van der Waals surface area contributed by atoms with Gasteiger partial charge in [0.1, 0.15) is 5.60 Å². The van der Waals surface area contributed by atoms with Crippen LogP contribution in [-0.4, -0.2) is 49.6 Å². The van der Waals surface area contributed by atoms with Crippen molar-refractivity contribution in [2.24, 2.45) is 5.92 Å². The Hall–Kier alpha value is -1.50. The summed E-state index contributed by atoms with van der Waals surface area (Å²) < 4.78 is 10.6. The number of rotatable bonds is 6. The Kier molecular flexibility index (Phi) is 8.31. The molecule has 0 radical (unpaired) electrons. The van der Waals surface area contributed by atoms with Gasteiger partial charge in [-0.15, -0.1) is 0 Å². The molecule has 0 saturated carbocycles. The zero-order chi connectivity index (χ0) is 18.2. The molecular weight excluding hydrogens is 310 g/mol. The molecule has 0 bridgehead atoms. The predicted molar refractivity (Wildman–Crippen MR) is 93.0 cm³/mol. The summed E-state index contributed by atoms with van der Waals surface area (Å²) in [5.41, 5.74) is -0.541. The molecule has 24 heavy (non-hydrogen) atoms. The van der Waals surface area contributed by atoms with Gasteiger partial charge in [0.2, 0.25) is 0 Å². The minimum absolute atomic E-state index is 0.154. The molecule has 1 saturated heterocycles. The average molecular weight is 343 g/mol. The lowest BCUT2D eigenvalue weighted by molar-refractivity contribution is 0.0498. The predicted octanol–water partition coefficient (Wildman–Crippen LogP) is 2.40. The van der Waals surface area contributed by atoms with Crippen LogP contribution in [0.1, 0.15) is 53.9 Å². The Morgan fingerprint density at radius 2 is 1.83 bits per heavy atom. The van der Waals surface area contributed by atoms with E-state index in [9.17, 15) is 9.59 Å². The van der Waals surface area contributed by atoms with Crippen molar-refractivity contribution in [2.75, 3.05) is 19.8 Å². The summed E-state index contributed by atoms with van der Waals surface area (Å²) in [5.74, 6) is 0.394. The summed E-state index contributed by atoms with van der Waals surface area (Å²) in [5, 5.41) is 8.63. The van der Waals surface area contributed by atoms with E-state index in [1.807, 2.05) is 20.8 Å². The van der Waals surface area contributed by atoms with Crippen molar-refractivity contribution in [3.8, 4) is 0 Å². The second kappa shape index (κ2) is 9.71. The topological polar surface area (TPSA) is 88.7 Å². The highest BCUT2D eigenvalue weighted by molar-refractivity contribution is 5.74. The van der Waals surface area contributed by atoms with Gasteiger partial charge in [-0.3, -0.25) is 0 Å². The Morgan fingerprint density at radius 3 is 2.38 bits per heavy atom. The van der Waals surface area contributed by atoms with Gasteiger partial charge >= 0.3 is 12.1 Å². The normalized spacial score (nSPS) is 17.2. The first-order chi connectivity index (χ1) is 11.2. The van der Waals surface area contributed by atoms with Gasteiger partial charge in [-0.2, -0.15) is 0 Å². The van der Waals surface area contributed by atoms with Crippen molar-refractivity contribution in [1.29, 1.82) is 0 Å². The van der Waals surface area contributed by atoms with Crippen LogP contribution in [-0.2, 0) is 9.47 Å². The fraction of sp³-hybridized carbons (Fsp3) is 0.882. The molecule has 0 aliphatic carbocycles. The van der Waals surface area contributed by atoms with Crippen LogP contribution in [0, 0.1) is 5.92 Å². The number of amides is 3. The van der Waals surface area contributed by atoms with Crippen molar-refractivity contribution in [2.45, 2.75) is 71.6 Å². The Labute approximate surface area is 145 Å². The smallest absolute Gasteiger partial charge is 0.407 e. The van der Waals surface area contributed by atoms with E-state index in [4.69, 9.17) is 9.47 Å². The van der Waals surface area contributed by atoms with E-state index in [0.717, 1.165) is 19.3 Å². The molecule has 3 amide bonds. The zero-order valence-corrected chi connectivity index (χ0v) is 15.6. The first-order valence-electron chi connectivity index (χ1n) is 8.77. The molecule has 0 spiro atoms. The first kappa shape index (κ1) is 20.5. The van der Waals surface area contributed by atoms with Crippen LogP contribution in [0.4, 0.5) is 9.59 Å². The van der Waals surface area contributed by atoms with Crippen molar-refractivity contribution in [3.63, 3.8) is 0 Å². The standard InChI is InChI=1S/C17H33N3O4/c1-12(2)10-14(20-16(22)24-17(3,4)5)11-18-15(21)19-13-6-8-23-9-7-13/h12-14H,6-11H2,1-5H3,(H,20,22)(H2,18,19,21). The maximum atomic E-state index is 12.0. The highest BCUT2D eigenvalue weighted by Crippen LogP contribution is 2.09. The summed E-state index contributed by atoms with van der Waals surface area (Å²) >= 11 is 0. The maximum Gasteiger partial charge on any atom is 0.407 e. The SMILES string of the molecule is CC(C)CC(CNC(=O)NC1CCOCC1)NC(=O)OC(C)(C)C. The van der Waals surface area contributed by atoms with Gasteiger partial charge in [0.05, 0.1) is 0 Å². The van der Waals surface area contributed by atoms with Crippen LogP contribution in [0.3, 0.4) is 0 Å². The zero-order valence-electron chi connectivity index (χ0n) is 15.6. The van der Waals surface area contributed by atoms with Crippen LogP contribution in [0.2, 0.25) is 0 Å². The molecule has 1 unspecified atom stereocenters.